The highest BCUT2D eigenvalue weighted by Gasteiger charge is 2.04. The summed E-state index contributed by atoms with van der Waals surface area (Å²) in [6.45, 7) is 2.82. The van der Waals surface area contributed by atoms with Crippen LogP contribution in [0.5, 0.6) is 0 Å². The Labute approximate surface area is 105 Å². The number of hydrogen-bond donors (Lipinski definition) is 2. The van der Waals surface area contributed by atoms with Gasteiger partial charge in [-0.25, -0.2) is 0 Å². The summed E-state index contributed by atoms with van der Waals surface area (Å²) in [6.07, 6.45) is 0. The minimum Gasteiger partial charge on any atom is -0.399 e. The topological polar surface area (TPSA) is 61.8 Å². The lowest BCUT2D eigenvalue weighted by atomic mass is 10.1. The Morgan fingerprint density at radius 2 is 2.24 bits per heavy atom. The maximum Gasteiger partial charge on any atom is 0.101 e. The number of thiophene rings is 1. The van der Waals surface area contributed by atoms with Gasteiger partial charge in [0, 0.05) is 17.1 Å². The molecule has 1 aromatic carbocycles. The van der Waals surface area contributed by atoms with Crippen molar-refractivity contribution < 1.29 is 0 Å². The van der Waals surface area contributed by atoms with Gasteiger partial charge >= 0.3 is 0 Å². The molecule has 0 unspecified atom stereocenters. The summed E-state index contributed by atoms with van der Waals surface area (Å²) >= 11 is 1.72. The van der Waals surface area contributed by atoms with Crippen LogP contribution in [-0.2, 0) is 6.54 Å². The van der Waals surface area contributed by atoms with E-state index in [1.165, 1.54) is 10.4 Å². The minimum absolute atomic E-state index is 0.583. The summed E-state index contributed by atoms with van der Waals surface area (Å²) in [4.78, 5) is 1.28. The van der Waals surface area contributed by atoms with E-state index in [2.05, 4.69) is 29.8 Å². The van der Waals surface area contributed by atoms with Gasteiger partial charge in [0.15, 0.2) is 0 Å². The minimum atomic E-state index is 0.583. The van der Waals surface area contributed by atoms with Gasteiger partial charge in [-0.15, -0.1) is 11.3 Å². The van der Waals surface area contributed by atoms with Gasteiger partial charge in [-0.1, -0.05) is 0 Å². The highest BCUT2D eigenvalue weighted by Crippen LogP contribution is 2.21. The predicted molar refractivity (Wildman–Crippen MR) is 72.0 cm³/mol. The molecule has 2 aromatic rings. The lowest BCUT2D eigenvalue weighted by Gasteiger charge is -2.08. The van der Waals surface area contributed by atoms with Crippen molar-refractivity contribution in [2.45, 2.75) is 13.5 Å². The van der Waals surface area contributed by atoms with Crippen molar-refractivity contribution >= 4 is 22.7 Å². The molecule has 86 valence electrons. The number of nitrogens with zero attached hydrogens (tertiary/aromatic N) is 1. The van der Waals surface area contributed by atoms with E-state index in [1.807, 2.05) is 6.07 Å². The summed E-state index contributed by atoms with van der Waals surface area (Å²) in [5.74, 6) is 0. The quantitative estimate of drug-likeness (QED) is 0.814. The molecule has 0 saturated carbocycles. The van der Waals surface area contributed by atoms with Gasteiger partial charge in [0.25, 0.3) is 0 Å². The molecule has 0 spiro atoms. The molecule has 0 saturated heterocycles. The van der Waals surface area contributed by atoms with Gasteiger partial charge < -0.3 is 11.1 Å². The molecule has 0 aliphatic heterocycles. The first-order valence-electron chi connectivity index (χ1n) is 5.27. The average molecular weight is 243 g/mol. The third-order valence-electron chi connectivity index (χ3n) is 2.57. The Morgan fingerprint density at radius 3 is 2.88 bits per heavy atom. The largest absolute Gasteiger partial charge is 0.399 e. The van der Waals surface area contributed by atoms with Crippen molar-refractivity contribution in [2.75, 3.05) is 11.1 Å². The molecule has 0 aliphatic rings. The number of rotatable bonds is 3. The monoisotopic (exact) mass is 243 g/mol. The first kappa shape index (κ1) is 11.5. The van der Waals surface area contributed by atoms with E-state index in [9.17, 15) is 0 Å². The van der Waals surface area contributed by atoms with Crippen LogP contribution in [0.1, 0.15) is 16.0 Å². The predicted octanol–water partition coefficient (Wildman–Crippen LogP) is 3.12. The van der Waals surface area contributed by atoms with Crippen molar-refractivity contribution in [3.8, 4) is 6.07 Å². The van der Waals surface area contributed by atoms with Crippen LogP contribution in [0.4, 0.5) is 11.4 Å². The van der Waals surface area contributed by atoms with E-state index in [0.717, 1.165) is 12.2 Å². The molecule has 3 N–H and O–H groups in total. The number of aryl methyl sites for hydroxylation is 1. The molecule has 1 heterocycles. The third kappa shape index (κ3) is 2.58. The fourth-order valence-corrected chi connectivity index (χ4v) is 2.42. The number of nitrogens with two attached hydrogens (primary N) is 1. The van der Waals surface area contributed by atoms with Gasteiger partial charge in [0.1, 0.15) is 6.07 Å². The molecule has 0 atom stereocenters. The second kappa shape index (κ2) is 4.89. The summed E-state index contributed by atoms with van der Waals surface area (Å²) in [5, 5.41) is 14.3. The normalized spacial score (nSPS) is 9.88. The molecule has 0 bridgehead atoms. The van der Waals surface area contributed by atoms with Crippen LogP contribution in [0, 0.1) is 18.3 Å². The average Bonchev–Trinajstić information content (AvgIpc) is 2.73. The second-order valence-corrected chi connectivity index (χ2v) is 4.80. The van der Waals surface area contributed by atoms with Crippen LogP contribution in [0.2, 0.25) is 0 Å². The number of anilines is 2. The summed E-state index contributed by atoms with van der Waals surface area (Å²) in [5.41, 5.74) is 8.94. The van der Waals surface area contributed by atoms with Gasteiger partial charge in [0.2, 0.25) is 0 Å². The number of nitrogen functional groups attached to an aromatic ring is 1. The molecule has 0 radical (unpaired) electrons. The SMILES string of the molecule is Cc1ccsc1CNc1ccc(N)cc1C#N. The van der Waals surface area contributed by atoms with Gasteiger partial charge in [-0.2, -0.15) is 5.26 Å². The van der Waals surface area contributed by atoms with E-state index in [4.69, 9.17) is 11.0 Å². The van der Waals surface area contributed by atoms with Crippen molar-refractivity contribution in [1.29, 1.82) is 5.26 Å². The first-order chi connectivity index (χ1) is 8.20. The molecule has 4 heteroatoms. The van der Waals surface area contributed by atoms with Crippen LogP contribution in [0.3, 0.4) is 0 Å². The number of hydrogen-bond acceptors (Lipinski definition) is 4. The van der Waals surface area contributed by atoms with E-state index in [1.54, 1.807) is 23.5 Å². The Morgan fingerprint density at radius 1 is 1.41 bits per heavy atom. The fourth-order valence-electron chi connectivity index (χ4n) is 1.57. The molecule has 3 nitrogen and oxygen atoms in total. The van der Waals surface area contributed by atoms with E-state index in [-0.39, 0.29) is 0 Å². The number of nitriles is 1. The molecular formula is C13H13N3S. The van der Waals surface area contributed by atoms with Crippen molar-refractivity contribution in [3.63, 3.8) is 0 Å². The number of nitrogens with one attached hydrogen (secondary N) is 1. The molecule has 1 aromatic heterocycles. The lowest BCUT2D eigenvalue weighted by Crippen LogP contribution is -2.01. The van der Waals surface area contributed by atoms with Crippen molar-refractivity contribution in [3.05, 3.63) is 45.6 Å². The Bertz CT molecular complexity index is 566. The van der Waals surface area contributed by atoms with Gasteiger partial charge in [0.05, 0.1) is 11.3 Å². The highest BCUT2D eigenvalue weighted by molar-refractivity contribution is 7.10. The zero-order chi connectivity index (χ0) is 12.3. The van der Waals surface area contributed by atoms with Crippen LogP contribution in [0.15, 0.2) is 29.6 Å². The van der Waals surface area contributed by atoms with Crippen molar-refractivity contribution in [1.82, 2.24) is 0 Å². The Kier molecular flexibility index (Phi) is 3.31. The van der Waals surface area contributed by atoms with Gasteiger partial charge in [-0.3, -0.25) is 0 Å². The molecule has 0 aliphatic carbocycles. The number of benzene rings is 1. The fraction of sp³-hybridized carbons (Fsp3) is 0.154. The molecule has 0 amide bonds. The van der Waals surface area contributed by atoms with E-state index in [0.29, 0.717) is 11.3 Å². The van der Waals surface area contributed by atoms with E-state index >= 15 is 0 Å². The highest BCUT2D eigenvalue weighted by atomic mass is 32.1. The van der Waals surface area contributed by atoms with Crippen molar-refractivity contribution in [2.24, 2.45) is 0 Å². The third-order valence-corrected chi connectivity index (χ3v) is 3.59. The molecule has 17 heavy (non-hydrogen) atoms. The second-order valence-electron chi connectivity index (χ2n) is 3.80. The maximum atomic E-state index is 9.01. The lowest BCUT2D eigenvalue weighted by molar-refractivity contribution is 1.16. The first-order valence-corrected chi connectivity index (χ1v) is 6.15. The summed E-state index contributed by atoms with van der Waals surface area (Å²) in [6, 6.07) is 9.56. The summed E-state index contributed by atoms with van der Waals surface area (Å²) in [7, 11) is 0. The molecular weight excluding hydrogens is 230 g/mol. The molecule has 0 fully saturated rings. The summed E-state index contributed by atoms with van der Waals surface area (Å²) < 4.78 is 0. The maximum absolute atomic E-state index is 9.01. The van der Waals surface area contributed by atoms with Crippen LogP contribution in [-0.4, -0.2) is 0 Å². The Hall–Kier alpha value is -1.99. The van der Waals surface area contributed by atoms with Crippen LogP contribution < -0.4 is 11.1 Å². The van der Waals surface area contributed by atoms with Crippen LogP contribution in [0.25, 0.3) is 0 Å². The standard InChI is InChI=1S/C13H13N3S/c1-9-4-5-17-13(9)8-16-12-3-2-11(15)6-10(12)7-14/h2-6,16H,8,15H2,1H3. The van der Waals surface area contributed by atoms with Gasteiger partial charge in [-0.05, 0) is 42.1 Å². The Balaban J connectivity index is 2.15. The zero-order valence-corrected chi connectivity index (χ0v) is 10.3. The smallest absolute Gasteiger partial charge is 0.101 e. The zero-order valence-electron chi connectivity index (χ0n) is 9.53. The van der Waals surface area contributed by atoms with E-state index < -0.39 is 0 Å². The van der Waals surface area contributed by atoms with Crippen LogP contribution >= 0.6 is 11.3 Å². The molecule has 2 rings (SSSR count).